The minimum atomic E-state index is -0.228. The van der Waals surface area contributed by atoms with Crippen LogP contribution in [0.3, 0.4) is 0 Å². The number of thioether (sulfide) groups is 1. The molecule has 224 valence electrons. The molecular formula is C32H42N6O3S. The molecule has 10 heteroatoms. The fraction of sp³-hybridized carbons (Fsp3) is 0.562. The van der Waals surface area contributed by atoms with Crippen molar-refractivity contribution in [2.75, 3.05) is 51.8 Å². The van der Waals surface area contributed by atoms with Gasteiger partial charge in [-0.3, -0.25) is 4.79 Å². The van der Waals surface area contributed by atoms with E-state index < -0.39 is 0 Å². The lowest BCUT2D eigenvalue weighted by Crippen LogP contribution is -2.55. The first kappa shape index (κ1) is 30.2. The molecule has 2 unspecified atom stereocenters. The largest absolute Gasteiger partial charge is 0.497 e. The molecule has 2 aromatic rings. The van der Waals surface area contributed by atoms with Crippen LogP contribution in [0.2, 0.25) is 0 Å². The van der Waals surface area contributed by atoms with Crippen molar-refractivity contribution >= 4 is 23.5 Å². The van der Waals surface area contributed by atoms with Crippen molar-refractivity contribution in [1.82, 2.24) is 19.8 Å². The number of carbonyl (C=O) groups excluding carboxylic acids is 1. The summed E-state index contributed by atoms with van der Waals surface area (Å²) >= 11 is 2.01. The molecule has 4 heterocycles. The van der Waals surface area contributed by atoms with Gasteiger partial charge in [-0.1, -0.05) is 12.6 Å². The number of anilines is 1. The van der Waals surface area contributed by atoms with E-state index in [1.165, 1.54) is 23.6 Å². The van der Waals surface area contributed by atoms with Gasteiger partial charge in [0.2, 0.25) is 5.91 Å². The smallest absolute Gasteiger partial charge is 0.318 e. The maximum absolute atomic E-state index is 12.5. The number of ether oxygens (including phenoxy) is 2. The monoisotopic (exact) mass is 590 g/mol. The van der Waals surface area contributed by atoms with Crippen molar-refractivity contribution in [2.45, 2.75) is 68.5 Å². The molecule has 1 amide bonds. The molecule has 0 aliphatic carbocycles. The highest BCUT2D eigenvalue weighted by Gasteiger charge is 2.32. The van der Waals surface area contributed by atoms with E-state index in [-0.39, 0.29) is 18.4 Å². The summed E-state index contributed by atoms with van der Waals surface area (Å²) in [6, 6.07) is 9.22. The number of likely N-dealkylation sites (tertiary alicyclic amines) is 1. The van der Waals surface area contributed by atoms with Crippen LogP contribution in [0.25, 0.3) is 0 Å². The van der Waals surface area contributed by atoms with Gasteiger partial charge in [-0.2, -0.15) is 22.0 Å². The highest BCUT2D eigenvalue weighted by Crippen LogP contribution is 2.36. The lowest BCUT2D eigenvalue weighted by atomic mass is 9.98. The number of rotatable bonds is 10. The van der Waals surface area contributed by atoms with Crippen molar-refractivity contribution in [3.63, 3.8) is 0 Å². The number of methoxy groups -OCH3 is 1. The second kappa shape index (κ2) is 13.8. The minimum absolute atomic E-state index is 0.134. The highest BCUT2D eigenvalue weighted by molar-refractivity contribution is 7.99. The van der Waals surface area contributed by atoms with E-state index in [0.29, 0.717) is 43.5 Å². The molecule has 3 aliphatic rings. The lowest BCUT2D eigenvalue weighted by molar-refractivity contribution is -0.128. The third-order valence-corrected chi connectivity index (χ3v) is 10.2. The molecule has 3 aliphatic heterocycles. The molecule has 1 aromatic heterocycles. The van der Waals surface area contributed by atoms with Gasteiger partial charge in [0.05, 0.1) is 25.6 Å². The van der Waals surface area contributed by atoms with Crippen LogP contribution in [0.1, 0.15) is 48.1 Å². The topological polar surface area (TPSA) is 94.8 Å². The van der Waals surface area contributed by atoms with Crippen LogP contribution in [0.4, 0.5) is 5.82 Å². The Morgan fingerprint density at radius 1 is 1.24 bits per heavy atom. The summed E-state index contributed by atoms with van der Waals surface area (Å²) in [6.45, 7) is 9.03. The van der Waals surface area contributed by atoms with Crippen LogP contribution >= 0.6 is 11.8 Å². The maximum Gasteiger partial charge on any atom is 0.318 e. The molecule has 3 atom stereocenters. The van der Waals surface area contributed by atoms with Gasteiger partial charge >= 0.3 is 6.01 Å². The number of benzene rings is 1. The first-order chi connectivity index (χ1) is 20.4. The third kappa shape index (κ3) is 6.84. The minimum Gasteiger partial charge on any atom is -0.497 e. The van der Waals surface area contributed by atoms with E-state index in [2.05, 4.69) is 41.6 Å². The predicted molar refractivity (Wildman–Crippen MR) is 166 cm³/mol. The van der Waals surface area contributed by atoms with Crippen LogP contribution in [0.15, 0.2) is 30.9 Å². The van der Waals surface area contributed by atoms with Crippen molar-refractivity contribution in [2.24, 2.45) is 0 Å². The summed E-state index contributed by atoms with van der Waals surface area (Å²) < 4.78 is 11.7. The van der Waals surface area contributed by atoms with Gasteiger partial charge in [0, 0.05) is 47.9 Å². The second-order valence-corrected chi connectivity index (χ2v) is 12.8. The van der Waals surface area contributed by atoms with Gasteiger partial charge in [-0.15, -0.1) is 0 Å². The SMILES string of the molecule is C=CC(=O)N1CCN(c2nc(OCC3CCCN3C)nc(C)c2CC[C@H]2Cc3cc(OC)ccc3CS2)CC1CC#N. The average molecular weight is 591 g/mol. The van der Waals surface area contributed by atoms with E-state index in [9.17, 15) is 10.1 Å². The van der Waals surface area contributed by atoms with Crippen LogP contribution in [0, 0.1) is 18.3 Å². The Labute approximate surface area is 253 Å². The average Bonchev–Trinajstić information content (AvgIpc) is 3.42. The van der Waals surface area contributed by atoms with Crippen LogP contribution in [-0.2, 0) is 23.4 Å². The number of carbonyl (C=O) groups is 1. The molecule has 0 spiro atoms. The van der Waals surface area contributed by atoms with Crippen molar-refractivity contribution < 1.29 is 14.3 Å². The number of piperazine rings is 1. The highest BCUT2D eigenvalue weighted by atomic mass is 32.2. The molecule has 0 saturated carbocycles. The number of fused-ring (bicyclic) bond motifs is 1. The van der Waals surface area contributed by atoms with E-state index in [1.54, 1.807) is 12.0 Å². The van der Waals surface area contributed by atoms with Crippen LogP contribution in [-0.4, -0.2) is 90.0 Å². The van der Waals surface area contributed by atoms with E-state index >= 15 is 0 Å². The summed E-state index contributed by atoms with van der Waals surface area (Å²) in [5.41, 5.74) is 4.81. The van der Waals surface area contributed by atoms with E-state index in [1.807, 2.05) is 24.8 Å². The predicted octanol–water partition coefficient (Wildman–Crippen LogP) is 4.17. The lowest BCUT2D eigenvalue weighted by Gasteiger charge is -2.41. The Morgan fingerprint density at radius 3 is 2.83 bits per heavy atom. The van der Waals surface area contributed by atoms with Crippen LogP contribution in [0.5, 0.6) is 11.8 Å². The number of likely N-dealkylation sites (N-methyl/N-ethyl adjacent to an activating group) is 1. The standard InChI is InChI=1S/C32H42N6O3S/c1-5-30(39)38-16-15-37(19-25(38)12-13-33)31-29(22(2)34-32(35-31)41-20-26-7-6-14-36(26)3)11-10-28-18-24-17-27(40-4)9-8-23(24)21-42-28/h5,8-9,17,25-26,28H,1,6-7,10-12,14-16,18-21H2,2-4H3/t25?,26?,28-/m0/s1. The number of hydrogen-bond donors (Lipinski definition) is 0. The number of amides is 1. The zero-order valence-electron chi connectivity index (χ0n) is 25.1. The molecule has 0 N–H and O–H groups in total. The fourth-order valence-corrected chi connectivity index (χ4v) is 7.61. The number of aryl methyl sites for hydroxylation is 1. The molecule has 2 saturated heterocycles. The van der Waals surface area contributed by atoms with Crippen molar-refractivity contribution in [3.8, 4) is 17.8 Å². The fourth-order valence-electron chi connectivity index (χ4n) is 6.33. The summed E-state index contributed by atoms with van der Waals surface area (Å²) in [6.07, 6.45) is 6.74. The first-order valence-electron chi connectivity index (χ1n) is 14.9. The Balaban J connectivity index is 1.37. The summed E-state index contributed by atoms with van der Waals surface area (Å²) in [5.74, 6) is 2.65. The quantitative estimate of drug-likeness (QED) is 0.378. The Hall–Kier alpha value is -3.29. The second-order valence-electron chi connectivity index (χ2n) is 11.5. The van der Waals surface area contributed by atoms with Crippen molar-refractivity contribution in [3.05, 3.63) is 53.2 Å². The van der Waals surface area contributed by atoms with Gasteiger partial charge in [-0.25, -0.2) is 4.98 Å². The molecule has 5 rings (SSSR count). The third-order valence-electron chi connectivity index (χ3n) is 8.87. The first-order valence-corrected chi connectivity index (χ1v) is 16.0. The Kier molecular flexibility index (Phi) is 9.91. The zero-order chi connectivity index (χ0) is 29.6. The molecular weight excluding hydrogens is 548 g/mol. The number of aromatic nitrogens is 2. The molecule has 1 aromatic carbocycles. The molecule has 0 radical (unpaired) electrons. The van der Waals surface area contributed by atoms with Gasteiger partial charge in [0.1, 0.15) is 18.2 Å². The number of nitriles is 1. The summed E-state index contributed by atoms with van der Waals surface area (Å²) in [4.78, 5) is 28.7. The molecule has 9 nitrogen and oxygen atoms in total. The Bertz CT molecular complexity index is 1330. The maximum atomic E-state index is 12.5. The molecule has 0 bridgehead atoms. The van der Waals surface area contributed by atoms with Gasteiger partial charge in [0.15, 0.2) is 0 Å². The van der Waals surface area contributed by atoms with Gasteiger partial charge < -0.3 is 24.2 Å². The number of nitrogens with zero attached hydrogens (tertiary/aromatic N) is 6. The van der Waals surface area contributed by atoms with Crippen LogP contribution < -0.4 is 14.4 Å². The molecule has 2 fully saturated rings. The van der Waals surface area contributed by atoms with Gasteiger partial charge in [0.25, 0.3) is 0 Å². The normalized spacial score (nSPS) is 22.4. The van der Waals surface area contributed by atoms with E-state index in [4.69, 9.17) is 19.4 Å². The van der Waals surface area contributed by atoms with E-state index in [0.717, 1.165) is 60.8 Å². The van der Waals surface area contributed by atoms with Gasteiger partial charge in [-0.05, 0) is 82.0 Å². The Morgan fingerprint density at radius 2 is 2.10 bits per heavy atom. The summed E-state index contributed by atoms with van der Waals surface area (Å²) in [7, 11) is 3.85. The molecule has 42 heavy (non-hydrogen) atoms. The van der Waals surface area contributed by atoms with Crippen molar-refractivity contribution in [1.29, 1.82) is 5.26 Å². The summed E-state index contributed by atoms with van der Waals surface area (Å²) in [5, 5.41) is 10.0. The number of hydrogen-bond acceptors (Lipinski definition) is 9. The zero-order valence-corrected chi connectivity index (χ0v) is 25.9.